The molecular weight excluding hydrogens is 293 g/mol. The summed E-state index contributed by atoms with van der Waals surface area (Å²) in [5, 5.41) is 0.158. The van der Waals surface area contributed by atoms with Crippen molar-refractivity contribution in [3.8, 4) is 0 Å². The van der Waals surface area contributed by atoms with E-state index in [4.69, 9.17) is 11.6 Å². The molecule has 1 fully saturated rings. The van der Waals surface area contributed by atoms with E-state index in [0.29, 0.717) is 12.5 Å². The molecular formula is C13H14ClF3N2O. The average Bonchev–Trinajstić information content (AvgIpc) is 3.17. The van der Waals surface area contributed by atoms with Crippen molar-refractivity contribution in [3.63, 3.8) is 0 Å². The molecule has 7 heteroatoms. The fourth-order valence-corrected chi connectivity index (χ4v) is 2.07. The molecule has 0 atom stereocenters. The van der Waals surface area contributed by atoms with E-state index in [2.05, 4.69) is 4.98 Å². The molecule has 0 radical (unpaired) electrons. The summed E-state index contributed by atoms with van der Waals surface area (Å²) in [4.78, 5) is 17.3. The number of amides is 1. The third kappa shape index (κ3) is 4.37. The van der Waals surface area contributed by atoms with Crippen LogP contribution in [0.2, 0.25) is 5.02 Å². The van der Waals surface area contributed by atoms with Gasteiger partial charge < -0.3 is 4.90 Å². The lowest BCUT2D eigenvalue weighted by atomic mass is 10.2. The Labute approximate surface area is 119 Å². The Kier molecular flexibility index (Phi) is 4.52. The van der Waals surface area contributed by atoms with Gasteiger partial charge in [0.2, 0.25) is 0 Å². The highest BCUT2D eigenvalue weighted by Crippen LogP contribution is 2.31. The minimum Gasteiger partial charge on any atom is -0.338 e. The van der Waals surface area contributed by atoms with E-state index in [1.807, 2.05) is 0 Å². The molecule has 0 saturated heterocycles. The number of carbonyl (C=O) groups excluding carboxylic acids is 1. The maximum absolute atomic E-state index is 12.3. The van der Waals surface area contributed by atoms with Gasteiger partial charge in [0.15, 0.2) is 0 Å². The summed E-state index contributed by atoms with van der Waals surface area (Å²) in [6.07, 6.45) is -0.649. The molecule has 20 heavy (non-hydrogen) atoms. The highest BCUT2D eigenvalue weighted by Gasteiger charge is 2.32. The zero-order valence-corrected chi connectivity index (χ0v) is 11.4. The fraction of sp³-hybridized carbons (Fsp3) is 0.538. The van der Waals surface area contributed by atoms with Gasteiger partial charge in [0, 0.05) is 25.5 Å². The van der Waals surface area contributed by atoms with Gasteiger partial charge in [-0.2, -0.15) is 13.2 Å². The van der Waals surface area contributed by atoms with Crippen LogP contribution in [0.25, 0.3) is 0 Å². The SMILES string of the molecule is O=C(c1ccncc1Cl)N(CCC(F)(F)F)CC1CC1. The maximum Gasteiger partial charge on any atom is 0.390 e. The predicted octanol–water partition coefficient (Wildman–Crippen LogP) is 3.54. The van der Waals surface area contributed by atoms with E-state index in [-0.39, 0.29) is 17.1 Å². The molecule has 1 aromatic heterocycles. The van der Waals surface area contributed by atoms with Gasteiger partial charge in [-0.15, -0.1) is 0 Å². The zero-order chi connectivity index (χ0) is 14.8. The van der Waals surface area contributed by atoms with Crippen LogP contribution in [0.4, 0.5) is 13.2 Å². The highest BCUT2D eigenvalue weighted by molar-refractivity contribution is 6.33. The summed E-state index contributed by atoms with van der Waals surface area (Å²) in [7, 11) is 0. The van der Waals surface area contributed by atoms with Gasteiger partial charge in [-0.1, -0.05) is 11.6 Å². The van der Waals surface area contributed by atoms with Crippen molar-refractivity contribution in [3.05, 3.63) is 29.0 Å². The van der Waals surface area contributed by atoms with Crippen LogP contribution >= 0.6 is 11.6 Å². The van der Waals surface area contributed by atoms with Gasteiger partial charge in [-0.25, -0.2) is 0 Å². The van der Waals surface area contributed by atoms with Crippen LogP contribution in [-0.2, 0) is 0 Å². The van der Waals surface area contributed by atoms with Crippen LogP contribution in [0.5, 0.6) is 0 Å². The van der Waals surface area contributed by atoms with Crippen molar-refractivity contribution in [2.24, 2.45) is 5.92 Å². The van der Waals surface area contributed by atoms with Crippen molar-refractivity contribution < 1.29 is 18.0 Å². The Balaban J connectivity index is 2.09. The van der Waals surface area contributed by atoms with E-state index in [0.717, 1.165) is 12.8 Å². The second-order valence-corrected chi connectivity index (χ2v) is 5.32. The number of rotatable bonds is 5. The average molecular weight is 307 g/mol. The summed E-state index contributed by atoms with van der Waals surface area (Å²) < 4.78 is 37.0. The summed E-state index contributed by atoms with van der Waals surface area (Å²) in [6, 6.07) is 1.43. The van der Waals surface area contributed by atoms with Gasteiger partial charge in [0.05, 0.1) is 17.0 Å². The number of nitrogens with zero attached hydrogens (tertiary/aromatic N) is 2. The Morgan fingerprint density at radius 2 is 2.15 bits per heavy atom. The van der Waals surface area contributed by atoms with E-state index in [9.17, 15) is 18.0 Å². The van der Waals surface area contributed by atoms with Gasteiger partial charge in [-0.05, 0) is 24.8 Å². The van der Waals surface area contributed by atoms with Gasteiger partial charge >= 0.3 is 6.18 Å². The Bertz CT molecular complexity index is 489. The molecule has 0 aromatic carbocycles. The van der Waals surface area contributed by atoms with Crippen molar-refractivity contribution >= 4 is 17.5 Å². The lowest BCUT2D eigenvalue weighted by molar-refractivity contribution is -0.136. The number of pyridine rings is 1. The molecule has 1 amide bonds. The summed E-state index contributed by atoms with van der Waals surface area (Å²) in [5.41, 5.74) is 0.199. The standard InChI is InChI=1S/C13H14ClF3N2O/c14-11-7-18-5-3-10(11)12(20)19(8-9-1-2-9)6-4-13(15,16)17/h3,5,7,9H,1-2,4,6,8H2. The normalized spacial score (nSPS) is 15.2. The molecule has 3 nitrogen and oxygen atoms in total. The number of aromatic nitrogens is 1. The molecule has 0 aliphatic heterocycles. The van der Waals surface area contributed by atoms with Crippen LogP contribution in [-0.4, -0.2) is 35.1 Å². The fourth-order valence-electron chi connectivity index (χ4n) is 1.87. The van der Waals surface area contributed by atoms with Crippen LogP contribution < -0.4 is 0 Å². The first-order valence-electron chi connectivity index (χ1n) is 6.32. The first-order chi connectivity index (χ1) is 9.37. The lowest BCUT2D eigenvalue weighted by Crippen LogP contribution is -2.36. The van der Waals surface area contributed by atoms with Crippen molar-refractivity contribution in [2.75, 3.05) is 13.1 Å². The number of carbonyl (C=O) groups is 1. The van der Waals surface area contributed by atoms with E-state index < -0.39 is 18.5 Å². The molecule has 0 spiro atoms. The molecule has 1 heterocycles. The summed E-state index contributed by atoms with van der Waals surface area (Å²) in [5.74, 6) is -0.152. The number of hydrogen-bond acceptors (Lipinski definition) is 2. The molecule has 1 aliphatic rings. The molecule has 1 saturated carbocycles. The summed E-state index contributed by atoms with van der Waals surface area (Å²) in [6.45, 7) is 0.0189. The monoisotopic (exact) mass is 306 g/mol. The number of alkyl halides is 3. The molecule has 1 aromatic rings. The van der Waals surface area contributed by atoms with E-state index in [1.54, 1.807) is 0 Å². The van der Waals surface area contributed by atoms with Crippen LogP contribution in [0.3, 0.4) is 0 Å². The first kappa shape index (κ1) is 15.1. The zero-order valence-electron chi connectivity index (χ0n) is 10.7. The minimum absolute atomic E-state index is 0.158. The van der Waals surface area contributed by atoms with Crippen LogP contribution in [0, 0.1) is 5.92 Å². The second-order valence-electron chi connectivity index (χ2n) is 4.92. The predicted molar refractivity (Wildman–Crippen MR) is 68.5 cm³/mol. The second kappa shape index (κ2) is 5.99. The van der Waals surface area contributed by atoms with Gasteiger partial charge in [0.1, 0.15) is 0 Å². The highest BCUT2D eigenvalue weighted by atomic mass is 35.5. The Hall–Kier alpha value is -1.30. The van der Waals surface area contributed by atoms with E-state index >= 15 is 0 Å². The molecule has 1 aliphatic carbocycles. The Morgan fingerprint density at radius 1 is 1.45 bits per heavy atom. The lowest BCUT2D eigenvalue weighted by Gasteiger charge is -2.23. The molecule has 0 N–H and O–H groups in total. The minimum atomic E-state index is -4.27. The van der Waals surface area contributed by atoms with E-state index in [1.165, 1.54) is 23.4 Å². The van der Waals surface area contributed by atoms with Crippen LogP contribution in [0.15, 0.2) is 18.5 Å². The largest absolute Gasteiger partial charge is 0.390 e. The molecule has 0 unspecified atom stereocenters. The van der Waals surface area contributed by atoms with Gasteiger partial charge in [0.25, 0.3) is 5.91 Å². The van der Waals surface area contributed by atoms with Crippen molar-refractivity contribution in [1.82, 2.24) is 9.88 Å². The summed E-state index contributed by atoms with van der Waals surface area (Å²) >= 11 is 5.87. The number of hydrogen-bond donors (Lipinski definition) is 0. The first-order valence-corrected chi connectivity index (χ1v) is 6.70. The smallest absolute Gasteiger partial charge is 0.338 e. The van der Waals surface area contributed by atoms with Crippen molar-refractivity contribution in [1.29, 1.82) is 0 Å². The molecule has 2 rings (SSSR count). The maximum atomic E-state index is 12.3. The third-order valence-electron chi connectivity index (χ3n) is 3.13. The molecule has 0 bridgehead atoms. The topological polar surface area (TPSA) is 33.2 Å². The number of halogens is 4. The molecule has 110 valence electrons. The van der Waals surface area contributed by atoms with Crippen LogP contribution in [0.1, 0.15) is 29.6 Å². The quantitative estimate of drug-likeness (QED) is 0.833. The Morgan fingerprint density at radius 3 is 2.70 bits per heavy atom. The van der Waals surface area contributed by atoms with Crippen molar-refractivity contribution in [2.45, 2.75) is 25.4 Å². The van der Waals surface area contributed by atoms with Gasteiger partial charge in [-0.3, -0.25) is 9.78 Å². The third-order valence-corrected chi connectivity index (χ3v) is 3.43.